The Bertz CT molecular complexity index is 840. The lowest BCUT2D eigenvalue weighted by atomic mass is 10.2. The zero-order valence-corrected chi connectivity index (χ0v) is 17.2. The highest BCUT2D eigenvalue weighted by atomic mass is 16.5. The van der Waals surface area contributed by atoms with Gasteiger partial charge in [0.15, 0.2) is 0 Å². The van der Waals surface area contributed by atoms with Crippen molar-refractivity contribution in [2.24, 2.45) is 7.05 Å². The lowest BCUT2D eigenvalue weighted by Gasteiger charge is -2.27. The SMILES string of the molecule is COCCN(CC(=O)N(Cc1cccn1C)C1CC1)C(=O)/C=C/c1ccccc1. The van der Waals surface area contributed by atoms with Crippen LogP contribution in [0, 0.1) is 0 Å². The van der Waals surface area contributed by atoms with Gasteiger partial charge in [0.05, 0.1) is 13.2 Å². The summed E-state index contributed by atoms with van der Waals surface area (Å²) in [7, 11) is 3.57. The van der Waals surface area contributed by atoms with Crippen LogP contribution < -0.4 is 0 Å². The number of ether oxygens (including phenoxy) is 1. The first-order valence-electron chi connectivity index (χ1n) is 9.99. The van der Waals surface area contributed by atoms with Gasteiger partial charge >= 0.3 is 0 Å². The molecule has 0 N–H and O–H groups in total. The fourth-order valence-corrected chi connectivity index (χ4v) is 3.20. The Kier molecular flexibility index (Phi) is 7.25. The number of methoxy groups -OCH3 is 1. The molecule has 3 rings (SSSR count). The molecule has 0 aliphatic heterocycles. The Hall–Kier alpha value is -2.86. The molecule has 0 spiro atoms. The summed E-state index contributed by atoms with van der Waals surface area (Å²) in [6.07, 6.45) is 7.33. The first-order chi connectivity index (χ1) is 14.1. The van der Waals surface area contributed by atoms with Crippen LogP contribution in [-0.2, 0) is 27.9 Å². The van der Waals surface area contributed by atoms with E-state index in [1.165, 1.54) is 6.08 Å². The second-order valence-corrected chi connectivity index (χ2v) is 7.36. The molecule has 0 bridgehead atoms. The zero-order valence-electron chi connectivity index (χ0n) is 17.2. The van der Waals surface area contributed by atoms with Crippen molar-refractivity contribution >= 4 is 17.9 Å². The highest BCUT2D eigenvalue weighted by molar-refractivity contribution is 5.94. The summed E-state index contributed by atoms with van der Waals surface area (Å²) in [5.74, 6) is -0.208. The number of hydrogen-bond acceptors (Lipinski definition) is 3. The minimum atomic E-state index is -0.186. The maximum absolute atomic E-state index is 13.1. The van der Waals surface area contributed by atoms with Crippen molar-refractivity contribution in [3.63, 3.8) is 0 Å². The number of carbonyl (C=O) groups is 2. The van der Waals surface area contributed by atoms with Crippen molar-refractivity contribution in [3.8, 4) is 0 Å². The summed E-state index contributed by atoms with van der Waals surface area (Å²) in [6, 6.07) is 13.9. The summed E-state index contributed by atoms with van der Waals surface area (Å²) in [6.45, 7) is 1.39. The molecule has 1 aromatic carbocycles. The minimum Gasteiger partial charge on any atom is -0.383 e. The molecule has 1 fully saturated rings. The standard InChI is InChI=1S/C23H29N3O3/c1-24-14-6-9-21(24)17-26(20-11-12-20)23(28)18-25(15-16-29-2)22(27)13-10-19-7-4-3-5-8-19/h3-10,13-14,20H,11-12,15-18H2,1-2H3/b13-10+. The molecule has 154 valence electrons. The number of aryl methyl sites for hydroxylation is 1. The van der Waals surface area contributed by atoms with E-state index in [1.807, 2.05) is 65.2 Å². The van der Waals surface area contributed by atoms with E-state index in [-0.39, 0.29) is 24.4 Å². The van der Waals surface area contributed by atoms with Gasteiger partial charge in [0.25, 0.3) is 0 Å². The Morgan fingerprint density at radius 3 is 2.55 bits per heavy atom. The minimum absolute atomic E-state index is 0.0220. The zero-order chi connectivity index (χ0) is 20.6. The van der Waals surface area contributed by atoms with Crippen LogP contribution in [0.3, 0.4) is 0 Å². The molecule has 0 saturated heterocycles. The van der Waals surface area contributed by atoms with Gasteiger partial charge in [0.2, 0.25) is 11.8 Å². The van der Waals surface area contributed by atoms with Crippen LogP contribution in [-0.4, -0.2) is 59.0 Å². The highest BCUT2D eigenvalue weighted by Crippen LogP contribution is 2.28. The smallest absolute Gasteiger partial charge is 0.247 e. The molecule has 29 heavy (non-hydrogen) atoms. The molecule has 1 aromatic heterocycles. The molecule has 0 atom stereocenters. The van der Waals surface area contributed by atoms with E-state index in [0.29, 0.717) is 19.7 Å². The van der Waals surface area contributed by atoms with Gasteiger partial charge in [-0.05, 0) is 36.6 Å². The number of aromatic nitrogens is 1. The van der Waals surface area contributed by atoms with E-state index < -0.39 is 0 Å². The fourth-order valence-electron chi connectivity index (χ4n) is 3.20. The van der Waals surface area contributed by atoms with Gasteiger partial charge in [-0.2, -0.15) is 0 Å². The van der Waals surface area contributed by atoms with E-state index in [1.54, 1.807) is 18.1 Å². The third-order valence-corrected chi connectivity index (χ3v) is 5.11. The molecule has 6 heteroatoms. The van der Waals surface area contributed by atoms with E-state index in [0.717, 1.165) is 24.1 Å². The molecule has 1 aliphatic rings. The number of hydrogen-bond donors (Lipinski definition) is 0. The van der Waals surface area contributed by atoms with Gasteiger partial charge < -0.3 is 19.1 Å². The van der Waals surface area contributed by atoms with Crippen LogP contribution in [0.1, 0.15) is 24.1 Å². The van der Waals surface area contributed by atoms with Crippen LogP contribution in [0.5, 0.6) is 0 Å². The predicted molar refractivity (Wildman–Crippen MR) is 113 cm³/mol. The van der Waals surface area contributed by atoms with Gasteiger partial charge in [0.1, 0.15) is 6.54 Å². The third kappa shape index (κ3) is 6.06. The van der Waals surface area contributed by atoms with Crippen LogP contribution in [0.4, 0.5) is 0 Å². The van der Waals surface area contributed by atoms with Gasteiger partial charge in [0, 0.05) is 44.7 Å². The first kappa shape index (κ1) is 20.9. The van der Waals surface area contributed by atoms with E-state index >= 15 is 0 Å². The molecule has 1 saturated carbocycles. The average Bonchev–Trinajstić information content (AvgIpc) is 3.49. The van der Waals surface area contributed by atoms with E-state index in [2.05, 4.69) is 0 Å². The quantitative estimate of drug-likeness (QED) is 0.581. The van der Waals surface area contributed by atoms with Crippen molar-refractivity contribution in [1.29, 1.82) is 0 Å². The molecule has 2 aromatic rings. The second-order valence-electron chi connectivity index (χ2n) is 7.36. The lowest BCUT2D eigenvalue weighted by Crippen LogP contribution is -2.44. The molecular weight excluding hydrogens is 366 g/mol. The number of nitrogens with zero attached hydrogens (tertiary/aromatic N) is 3. The molecule has 1 aliphatic carbocycles. The van der Waals surface area contributed by atoms with Crippen molar-refractivity contribution in [2.75, 3.05) is 26.8 Å². The average molecular weight is 396 g/mol. The third-order valence-electron chi connectivity index (χ3n) is 5.11. The summed E-state index contributed by atoms with van der Waals surface area (Å²) >= 11 is 0. The molecular formula is C23H29N3O3. The highest BCUT2D eigenvalue weighted by Gasteiger charge is 2.33. The van der Waals surface area contributed by atoms with Crippen molar-refractivity contribution in [2.45, 2.75) is 25.4 Å². The number of carbonyl (C=O) groups excluding carboxylic acids is 2. The van der Waals surface area contributed by atoms with Gasteiger partial charge in [-0.15, -0.1) is 0 Å². The van der Waals surface area contributed by atoms with E-state index in [4.69, 9.17) is 4.74 Å². The summed E-state index contributed by atoms with van der Waals surface area (Å²) < 4.78 is 7.17. The first-order valence-corrected chi connectivity index (χ1v) is 9.99. The van der Waals surface area contributed by atoms with Crippen LogP contribution in [0.15, 0.2) is 54.7 Å². The van der Waals surface area contributed by atoms with Gasteiger partial charge in [-0.1, -0.05) is 30.3 Å². The Morgan fingerprint density at radius 2 is 1.93 bits per heavy atom. The van der Waals surface area contributed by atoms with Gasteiger partial charge in [-0.25, -0.2) is 0 Å². The molecule has 1 heterocycles. The number of amides is 2. The number of benzene rings is 1. The van der Waals surface area contributed by atoms with Crippen LogP contribution in [0.25, 0.3) is 6.08 Å². The molecule has 0 unspecified atom stereocenters. The van der Waals surface area contributed by atoms with Crippen molar-refractivity contribution in [3.05, 3.63) is 66.0 Å². The summed E-state index contributed by atoms with van der Waals surface area (Å²) in [4.78, 5) is 29.3. The van der Waals surface area contributed by atoms with E-state index in [9.17, 15) is 9.59 Å². The summed E-state index contributed by atoms with van der Waals surface area (Å²) in [5, 5.41) is 0. The van der Waals surface area contributed by atoms with Crippen LogP contribution >= 0.6 is 0 Å². The maximum atomic E-state index is 13.1. The second kappa shape index (κ2) is 10.1. The molecule has 0 radical (unpaired) electrons. The molecule has 2 amide bonds. The Balaban J connectivity index is 1.67. The number of rotatable bonds is 10. The largest absolute Gasteiger partial charge is 0.383 e. The van der Waals surface area contributed by atoms with Crippen LogP contribution in [0.2, 0.25) is 0 Å². The van der Waals surface area contributed by atoms with Gasteiger partial charge in [-0.3, -0.25) is 9.59 Å². The summed E-state index contributed by atoms with van der Waals surface area (Å²) in [5.41, 5.74) is 2.03. The molecule has 6 nitrogen and oxygen atoms in total. The van der Waals surface area contributed by atoms with Crippen molar-refractivity contribution < 1.29 is 14.3 Å². The van der Waals surface area contributed by atoms with Crippen molar-refractivity contribution in [1.82, 2.24) is 14.4 Å². The fraction of sp³-hybridized carbons (Fsp3) is 0.391. The lowest BCUT2D eigenvalue weighted by molar-refractivity contribution is -0.139. The Labute approximate surface area is 172 Å². The maximum Gasteiger partial charge on any atom is 0.247 e. The predicted octanol–water partition coefficient (Wildman–Crippen LogP) is 2.70. The Morgan fingerprint density at radius 1 is 1.17 bits per heavy atom. The topological polar surface area (TPSA) is 54.8 Å². The normalized spacial score (nSPS) is 13.6. The monoisotopic (exact) mass is 395 g/mol.